The van der Waals surface area contributed by atoms with Gasteiger partial charge in [-0.1, -0.05) is 0 Å². The maximum absolute atomic E-state index is 12.4. The minimum Gasteiger partial charge on any atom is -0.481 e. The predicted molar refractivity (Wildman–Crippen MR) is 77.9 cm³/mol. The van der Waals surface area contributed by atoms with Crippen LogP contribution < -0.4 is 0 Å². The van der Waals surface area contributed by atoms with Crippen LogP contribution in [0.3, 0.4) is 0 Å². The van der Waals surface area contributed by atoms with Gasteiger partial charge in [0, 0.05) is 37.8 Å². The Kier molecular flexibility index (Phi) is 4.65. The molecule has 6 nitrogen and oxygen atoms in total. The normalized spacial score (nSPS) is 16.2. The van der Waals surface area contributed by atoms with Crippen LogP contribution in [0.4, 0.5) is 0 Å². The summed E-state index contributed by atoms with van der Waals surface area (Å²) in [4.78, 5) is 24.9. The molecule has 2 heterocycles. The number of hydrogen-bond donors (Lipinski definition) is 1. The number of nitrogens with zero attached hydrogens (tertiary/aromatic N) is 3. The molecule has 0 aromatic carbocycles. The lowest BCUT2D eigenvalue weighted by Crippen LogP contribution is -2.39. The fourth-order valence-electron chi connectivity index (χ4n) is 2.97. The summed E-state index contributed by atoms with van der Waals surface area (Å²) < 4.78 is 1.80. The number of piperidine rings is 1. The molecule has 1 fully saturated rings. The minimum atomic E-state index is -0.749. The van der Waals surface area contributed by atoms with E-state index in [1.807, 2.05) is 25.8 Å². The van der Waals surface area contributed by atoms with Crippen LogP contribution in [0, 0.1) is 19.8 Å². The van der Waals surface area contributed by atoms with E-state index in [0.717, 1.165) is 29.8 Å². The summed E-state index contributed by atoms with van der Waals surface area (Å²) in [5.41, 5.74) is 2.95. The van der Waals surface area contributed by atoms with Crippen molar-refractivity contribution in [2.75, 3.05) is 13.1 Å². The molecule has 0 aliphatic carbocycles. The lowest BCUT2D eigenvalue weighted by Gasteiger charge is -2.31. The first kappa shape index (κ1) is 15.5. The number of hydrogen-bond acceptors (Lipinski definition) is 3. The van der Waals surface area contributed by atoms with E-state index in [1.165, 1.54) is 0 Å². The third-order valence-electron chi connectivity index (χ3n) is 4.42. The average Bonchev–Trinajstić information content (AvgIpc) is 2.65. The summed E-state index contributed by atoms with van der Waals surface area (Å²) in [5, 5.41) is 13.1. The maximum Gasteiger partial charge on any atom is 0.303 e. The summed E-state index contributed by atoms with van der Waals surface area (Å²) in [6.45, 7) is 5.22. The summed E-state index contributed by atoms with van der Waals surface area (Å²) >= 11 is 0. The van der Waals surface area contributed by atoms with E-state index < -0.39 is 5.97 Å². The van der Waals surface area contributed by atoms with E-state index in [4.69, 9.17) is 5.11 Å². The van der Waals surface area contributed by atoms with E-state index in [1.54, 1.807) is 4.68 Å². The highest BCUT2D eigenvalue weighted by Crippen LogP contribution is 2.22. The third kappa shape index (κ3) is 3.62. The Labute approximate surface area is 124 Å². The first-order valence-electron chi connectivity index (χ1n) is 7.37. The number of rotatable bonds is 4. The summed E-state index contributed by atoms with van der Waals surface area (Å²) in [5.74, 6) is -0.433. The molecule has 0 unspecified atom stereocenters. The van der Waals surface area contributed by atoms with E-state index in [-0.39, 0.29) is 18.2 Å². The molecule has 2 rings (SSSR count). The second-order valence-electron chi connectivity index (χ2n) is 5.87. The van der Waals surface area contributed by atoms with Crippen molar-refractivity contribution in [3.8, 4) is 0 Å². The maximum atomic E-state index is 12.4. The summed E-state index contributed by atoms with van der Waals surface area (Å²) in [6, 6.07) is 0. The Balaban J connectivity index is 1.92. The standard InChI is InChI=1S/C15H23N3O3/c1-10-13(11(2)17(3)16-10)9-14(19)18-6-4-12(5-7-18)8-15(20)21/h12H,4-9H2,1-3H3,(H,20,21). The molecule has 1 N–H and O–H groups in total. The fraction of sp³-hybridized carbons (Fsp3) is 0.667. The van der Waals surface area contributed by atoms with E-state index in [0.29, 0.717) is 19.5 Å². The van der Waals surface area contributed by atoms with Crippen LogP contribution in [0.2, 0.25) is 0 Å². The molecule has 0 saturated carbocycles. The first-order chi connectivity index (χ1) is 9.88. The third-order valence-corrected chi connectivity index (χ3v) is 4.42. The van der Waals surface area contributed by atoms with Crippen LogP contribution in [0.5, 0.6) is 0 Å². The van der Waals surface area contributed by atoms with Crippen LogP contribution in [-0.4, -0.2) is 44.8 Å². The Morgan fingerprint density at radius 3 is 2.38 bits per heavy atom. The monoisotopic (exact) mass is 293 g/mol. The molecule has 1 aliphatic heterocycles. The SMILES string of the molecule is Cc1nn(C)c(C)c1CC(=O)N1CCC(CC(=O)O)CC1. The van der Waals surface area contributed by atoms with Crippen LogP contribution >= 0.6 is 0 Å². The van der Waals surface area contributed by atoms with Gasteiger partial charge >= 0.3 is 5.97 Å². The first-order valence-corrected chi connectivity index (χ1v) is 7.37. The number of carboxylic acid groups (broad SMARTS) is 1. The van der Waals surface area contributed by atoms with E-state index in [2.05, 4.69) is 5.10 Å². The van der Waals surface area contributed by atoms with Crippen molar-refractivity contribution in [3.63, 3.8) is 0 Å². The van der Waals surface area contributed by atoms with Gasteiger partial charge < -0.3 is 10.0 Å². The van der Waals surface area contributed by atoms with Crippen LogP contribution in [0.1, 0.15) is 36.2 Å². The molecule has 0 radical (unpaired) electrons. The van der Waals surface area contributed by atoms with Gasteiger partial charge in [0.25, 0.3) is 0 Å². The van der Waals surface area contributed by atoms with Gasteiger partial charge in [-0.3, -0.25) is 14.3 Å². The van der Waals surface area contributed by atoms with Crippen molar-refractivity contribution in [2.45, 2.75) is 39.5 Å². The predicted octanol–water partition coefficient (Wildman–Crippen LogP) is 1.29. The van der Waals surface area contributed by atoms with Crippen LogP contribution in [0.25, 0.3) is 0 Å². The number of amides is 1. The molecule has 6 heteroatoms. The van der Waals surface area contributed by atoms with Crippen molar-refractivity contribution >= 4 is 11.9 Å². The summed E-state index contributed by atoms with van der Waals surface area (Å²) in [7, 11) is 1.88. The Bertz CT molecular complexity index is 543. The van der Waals surface area contributed by atoms with Gasteiger partial charge in [0.05, 0.1) is 12.1 Å². The molecule has 1 amide bonds. The molecular formula is C15H23N3O3. The number of carbonyl (C=O) groups is 2. The Hall–Kier alpha value is -1.85. The summed E-state index contributed by atoms with van der Waals surface area (Å²) in [6.07, 6.45) is 2.16. The second kappa shape index (κ2) is 6.28. The zero-order chi connectivity index (χ0) is 15.6. The van der Waals surface area contributed by atoms with Gasteiger partial charge in [-0.25, -0.2) is 0 Å². The molecule has 1 saturated heterocycles. The average molecular weight is 293 g/mol. The number of aromatic nitrogens is 2. The number of carboxylic acids is 1. The number of aliphatic carboxylic acids is 1. The van der Waals surface area contributed by atoms with Gasteiger partial charge in [-0.15, -0.1) is 0 Å². The van der Waals surface area contributed by atoms with Gasteiger partial charge in [0.2, 0.25) is 5.91 Å². The zero-order valence-corrected chi connectivity index (χ0v) is 12.9. The van der Waals surface area contributed by atoms with E-state index >= 15 is 0 Å². The highest BCUT2D eigenvalue weighted by Gasteiger charge is 2.25. The largest absolute Gasteiger partial charge is 0.481 e. The Morgan fingerprint density at radius 2 is 1.90 bits per heavy atom. The van der Waals surface area contributed by atoms with Crippen LogP contribution in [0.15, 0.2) is 0 Å². The van der Waals surface area contributed by atoms with Crippen LogP contribution in [-0.2, 0) is 23.1 Å². The van der Waals surface area contributed by atoms with Gasteiger partial charge in [0.15, 0.2) is 0 Å². The molecule has 116 valence electrons. The molecule has 0 atom stereocenters. The minimum absolute atomic E-state index is 0.114. The smallest absolute Gasteiger partial charge is 0.303 e. The fourth-order valence-corrected chi connectivity index (χ4v) is 2.97. The highest BCUT2D eigenvalue weighted by molar-refractivity contribution is 5.79. The zero-order valence-electron chi connectivity index (χ0n) is 12.9. The van der Waals surface area contributed by atoms with Crippen molar-refractivity contribution in [3.05, 3.63) is 17.0 Å². The molecule has 21 heavy (non-hydrogen) atoms. The van der Waals surface area contributed by atoms with Gasteiger partial charge in [-0.05, 0) is 32.6 Å². The van der Waals surface area contributed by atoms with Crippen molar-refractivity contribution in [1.82, 2.24) is 14.7 Å². The van der Waals surface area contributed by atoms with Gasteiger partial charge in [-0.2, -0.15) is 5.10 Å². The second-order valence-corrected chi connectivity index (χ2v) is 5.87. The topological polar surface area (TPSA) is 75.4 Å². The molecule has 1 aromatic heterocycles. The molecule has 0 bridgehead atoms. The van der Waals surface area contributed by atoms with E-state index in [9.17, 15) is 9.59 Å². The van der Waals surface area contributed by atoms with Gasteiger partial charge in [0.1, 0.15) is 0 Å². The van der Waals surface area contributed by atoms with Crippen molar-refractivity contribution in [1.29, 1.82) is 0 Å². The lowest BCUT2D eigenvalue weighted by molar-refractivity contribution is -0.138. The number of aryl methyl sites for hydroxylation is 2. The number of likely N-dealkylation sites (tertiary alicyclic amines) is 1. The molecule has 0 spiro atoms. The Morgan fingerprint density at radius 1 is 1.29 bits per heavy atom. The molecular weight excluding hydrogens is 270 g/mol. The highest BCUT2D eigenvalue weighted by atomic mass is 16.4. The molecule has 1 aliphatic rings. The molecule has 1 aromatic rings. The lowest BCUT2D eigenvalue weighted by atomic mass is 9.93. The quantitative estimate of drug-likeness (QED) is 0.907. The number of carbonyl (C=O) groups excluding carboxylic acids is 1. The van der Waals surface area contributed by atoms with Crippen molar-refractivity contribution in [2.24, 2.45) is 13.0 Å². The van der Waals surface area contributed by atoms with Crippen molar-refractivity contribution < 1.29 is 14.7 Å².